The number of benzene rings is 1. The highest BCUT2D eigenvalue weighted by molar-refractivity contribution is 7.88. The van der Waals surface area contributed by atoms with Gasteiger partial charge in [-0.3, -0.25) is 0 Å². The lowest BCUT2D eigenvalue weighted by molar-refractivity contribution is 0.337. The van der Waals surface area contributed by atoms with Crippen LogP contribution in [0.3, 0.4) is 0 Å². The molecule has 0 radical (unpaired) electrons. The Morgan fingerprint density at radius 2 is 2.04 bits per heavy atom. The van der Waals surface area contributed by atoms with Gasteiger partial charge in [0.2, 0.25) is 10.0 Å². The van der Waals surface area contributed by atoms with Crippen molar-refractivity contribution >= 4 is 26.5 Å². The predicted octanol–water partition coefficient (Wildman–Crippen LogP) is 3.34. The van der Waals surface area contributed by atoms with Gasteiger partial charge in [0.1, 0.15) is 5.75 Å². The second kappa shape index (κ2) is 8.37. The predicted molar refractivity (Wildman–Crippen MR) is 106 cm³/mol. The molecule has 3 rings (SSSR count). The summed E-state index contributed by atoms with van der Waals surface area (Å²) in [6.45, 7) is 0.544. The summed E-state index contributed by atoms with van der Waals surface area (Å²) in [5.74, 6) is 1.25. The maximum Gasteiger partial charge on any atom is 0.208 e. The number of thiazole rings is 1. The molecule has 1 aromatic carbocycles. The van der Waals surface area contributed by atoms with Crippen LogP contribution >= 0.6 is 11.3 Å². The SMILES string of the molecule is COc1cccc(-c2csc(N[C@H]3CC[C@H](CNS(C)(=O)=O)CC3)n2)c1. The first-order valence-corrected chi connectivity index (χ1v) is 11.5. The van der Waals surface area contributed by atoms with Crippen molar-refractivity contribution in [3.8, 4) is 17.0 Å². The van der Waals surface area contributed by atoms with E-state index < -0.39 is 10.0 Å². The molecule has 1 saturated carbocycles. The summed E-state index contributed by atoms with van der Waals surface area (Å²) in [5.41, 5.74) is 1.99. The summed E-state index contributed by atoms with van der Waals surface area (Å²) in [6, 6.07) is 8.30. The van der Waals surface area contributed by atoms with Crippen molar-refractivity contribution in [3.63, 3.8) is 0 Å². The molecule has 2 N–H and O–H groups in total. The number of nitrogens with one attached hydrogen (secondary N) is 2. The van der Waals surface area contributed by atoms with Crippen LogP contribution in [0.5, 0.6) is 5.75 Å². The van der Waals surface area contributed by atoms with Crippen LogP contribution in [-0.4, -0.2) is 39.4 Å². The average molecular weight is 396 g/mol. The van der Waals surface area contributed by atoms with Gasteiger partial charge in [0.15, 0.2) is 5.13 Å². The lowest BCUT2D eigenvalue weighted by atomic mass is 9.86. The first-order valence-electron chi connectivity index (χ1n) is 8.74. The fourth-order valence-electron chi connectivity index (χ4n) is 3.21. The number of ether oxygens (including phenoxy) is 1. The Morgan fingerprint density at radius 3 is 2.73 bits per heavy atom. The van der Waals surface area contributed by atoms with Crippen LogP contribution in [0.15, 0.2) is 29.6 Å². The first-order chi connectivity index (χ1) is 12.4. The maximum atomic E-state index is 11.2. The van der Waals surface area contributed by atoms with Gasteiger partial charge in [-0.25, -0.2) is 18.1 Å². The Bertz CT molecular complexity index is 828. The quantitative estimate of drug-likeness (QED) is 0.752. The number of hydrogen-bond acceptors (Lipinski definition) is 6. The molecular weight excluding hydrogens is 370 g/mol. The van der Waals surface area contributed by atoms with Crippen LogP contribution < -0.4 is 14.8 Å². The number of aromatic nitrogens is 1. The maximum absolute atomic E-state index is 11.2. The van der Waals surface area contributed by atoms with Crippen molar-refractivity contribution in [2.45, 2.75) is 31.7 Å². The van der Waals surface area contributed by atoms with E-state index in [0.29, 0.717) is 18.5 Å². The Balaban J connectivity index is 1.52. The third kappa shape index (κ3) is 5.43. The molecule has 0 saturated heterocycles. The Morgan fingerprint density at radius 1 is 1.27 bits per heavy atom. The highest BCUT2D eigenvalue weighted by atomic mass is 32.2. The number of methoxy groups -OCH3 is 1. The molecule has 142 valence electrons. The molecule has 1 aromatic heterocycles. The minimum Gasteiger partial charge on any atom is -0.497 e. The highest BCUT2D eigenvalue weighted by Gasteiger charge is 2.22. The second-order valence-corrected chi connectivity index (χ2v) is 9.44. The van der Waals surface area contributed by atoms with Crippen LogP contribution in [-0.2, 0) is 10.0 Å². The van der Waals surface area contributed by atoms with Crippen LogP contribution in [0.4, 0.5) is 5.13 Å². The van der Waals surface area contributed by atoms with E-state index in [1.165, 1.54) is 6.26 Å². The fraction of sp³-hybridized carbons (Fsp3) is 0.500. The molecule has 1 fully saturated rings. The summed E-state index contributed by atoms with van der Waals surface area (Å²) in [7, 11) is -1.44. The van der Waals surface area contributed by atoms with Gasteiger partial charge in [-0.05, 0) is 43.7 Å². The number of hydrogen-bond donors (Lipinski definition) is 2. The van der Waals surface area contributed by atoms with Crippen molar-refractivity contribution in [1.82, 2.24) is 9.71 Å². The van der Waals surface area contributed by atoms with Crippen LogP contribution in [0, 0.1) is 5.92 Å². The highest BCUT2D eigenvalue weighted by Crippen LogP contribution is 2.30. The molecule has 0 bridgehead atoms. The van der Waals surface area contributed by atoms with Crippen molar-refractivity contribution in [3.05, 3.63) is 29.6 Å². The number of sulfonamides is 1. The number of nitrogens with zero attached hydrogens (tertiary/aromatic N) is 1. The molecule has 1 heterocycles. The lowest BCUT2D eigenvalue weighted by Crippen LogP contribution is -2.33. The lowest BCUT2D eigenvalue weighted by Gasteiger charge is -2.28. The Kier molecular flexibility index (Phi) is 6.16. The van der Waals surface area contributed by atoms with Crippen LogP contribution in [0.25, 0.3) is 11.3 Å². The van der Waals surface area contributed by atoms with Crippen LogP contribution in [0.2, 0.25) is 0 Å². The summed E-state index contributed by atoms with van der Waals surface area (Å²) in [5, 5.41) is 6.52. The first kappa shape index (κ1) is 19.1. The van der Waals surface area contributed by atoms with E-state index in [1.807, 2.05) is 24.3 Å². The normalized spacial score (nSPS) is 20.7. The molecule has 0 spiro atoms. The summed E-state index contributed by atoms with van der Waals surface area (Å²) < 4.78 is 30.3. The molecule has 0 aliphatic heterocycles. The van der Waals surface area contributed by atoms with Gasteiger partial charge < -0.3 is 10.1 Å². The van der Waals surface area contributed by atoms with E-state index >= 15 is 0 Å². The van der Waals surface area contributed by atoms with Gasteiger partial charge >= 0.3 is 0 Å². The van der Waals surface area contributed by atoms with E-state index in [2.05, 4.69) is 15.4 Å². The number of rotatable bonds is 7. The van der Waals surface area contributed by atoms with E-state index in [1.54, 1.807) is 18.4 Å². The summed E-state index contributed by atoms with van der Waals surface area (Å²) in [4.78, 5) is 4.70. The van der Waals surface area contributed by atoms with E-state index in [-0.39, 0.29) is 0 Å². The van der Waals surface area contributed by atoms with Crippen molar-refractivity contribution in [1.29, 1.82) is 0 Å². The zero-order chi connectivity index (χ0) is 18.6. The molecule has 2 aromatic rings. The van der Waals surface area contributed by atoms with E-state index in [9.17, 15) is 8.42 Å². The van der Waals surface area contributed by atoms with Gasteiger partial charge in [0.05, 0.1) is 19.1 Å². The monoisotopic (exact) mass is 395 g/mol. The van der Waals surface area contributed by atoms with Crippen molar-refractivity contribution < 1.29 is 13.2 Å². The smallest absolute Gasteiger partial charge is 0.208 e. The zero-order valence-corrected chi connectivity index (χ0v) is 16.7. The third-order valence-electron chi connectivity index (χ3n) is 4.68. The molecule has 0 amide bonds. The van der Waals surface area contributed by atoms with E-state index in [0.717, 1.165) is 47.8 Å². The minimum absolute atomic E-state index is 0.397. The topological polar surface area (TPSA) is 80.3 Å². The van der Waals surface area contributed by atoms with Gasteiger partial charge in [-0.2, -0.15) is 0 Å². The molecule has 1 aliphatic carbocycles. The standard InChI is InChI=1S/C18H25N3O3S2/c1-24-16-5-3-4-14(10-16)17-12-25-18(21-17)20-15-8-6-13(7-9-15)11-19-26(2,22)23/h3-5,10,12-13,15,19H,6-9,11H2,1-2H3,(H,20,21)/t13-,15-. The molecule has 6 nitrogen and oxygen atoms in total. The number of anilines is 1. The van der Waals surface area contributed by atoms with Gasteiger partial charge in [0.25, 0.3) is 0 Å². The molecule has 0 unspecified atom stereocenters. The summed E-state index contributed by atoms with van der Waals surface area (Å²) in [6.07, 6.45) is 5.32. The third-order valence-corrected chi connectivity index (χ3v) is 6.14. The van der Waals surface area contributed by atoms with Crippen LogP contribution in [0.1, 0.15) is 25.7 Å². The minimum atomic E-state index is -3.10. The second-order valence-electron chi connectivity index (χ2n) is 6.75. The van der Waals surface area contributed by atoms with E-state index in [4.69, 9.17) is 9.72 Å². The van der Waals surface area contributed by atoms with Crippen molar-refractivity contribution in [2.75, 3.05) is 25.2 Å². The summed E-state index contributed by atoms with van der Waals surface area (Å²) >= 11 is 1.61. The van der Waals surface area contributed by atoms with Gasteiger partial charge in [-0.15, -0.1) is 11.3 Å². The molecule has 8 heteroatoms. The molecule has 0 atom stereocenters. The molecule has 1 aliphatic rings. The van der Waals surface area contributed by atoms with Gasteiger partial charge in [-0.1, -0.05) is 12.1 Å². The largest absolute Gasteiger partial charge is 0.497 e. The Hall–Kier alpha value is -1.64. The zero-order valence-electron chi connectivity index (χ0n) is 15.1. The van der Waals surface area contributed by atoms with Crippen molar-refractivity contribution in [2.24, 2.45) is 5.92 Å². The van der Waals surface area contributed by atoms with Gasteiger partial charge in [0, 0.05) is 23.5 Å². The Labute approximate surface area is 159 Å². The average Bonchev–Trinajstić information content (AvgIpc) is 3.09. The molecule has 26 heavy (non-hydrogen) atoms. The fourth-order valence-corrected chi connectivity index (χ4v) is 4.55. The molecular formula is C18H25N3O3S2.